The molecule has 0 atom stereocenters. The first-order chi connectivity index (χ1) is 11.5. The van der Waals surface area contributed by atoms with E-state index >= 15 is 0 Å². The quantitative estimate of drug-likeness (QED) is 0.417. The Kier molecular flexibility index (Phi) is 17.5. The Bertz CT molecular complexity index is 389. The molecule has 4 N–H and O–H groups in total. The standard InChI is InChI=1S/C10H10O4.C4H10O2.C2H6O2/c1-13-9(11)7-3-5-8(6-4-7)10(12)14-2;5-3-1-2-4-6;3-1-2-4/h3-6H,1-2H3;5-6H,1-4H2;3-4H,1-2H2. The van der Waals surface area contributed by atoms with Gasteiger partial charge in [0.1, 0.15) is 0 Å². The van der Waals surface area contributed by atoms with Crippen LogP contribution < -0.4 is 0 Å². The van der Waals surface area contributed by atoms with Crippen molar-refractivity contribution in [1.29, 1.82) is 0 Å². The van der Waals surface area contributed by atoms with Gasteiger partial charge in [0.05, 0.1) is 38.6 Å². The Hall–Kier alpha value is -2.00. The molecule has 0 saturated heterocycles. The number of aliphatic hydroxyl groups excluding tert-OH is 4. The zero-order chi connectivity index (χ0) is 18.8. The molecular formula is C16H26O8. The maximum absolute atomic E-state index is 11.0. The molecule has 0 spiro atoms. The molecule has 0 radical (unpaired) electrons. The predicted molar refractivity (Wildman–Crippen MR) is 86.7 cm³/mol. The number of aliphatic hydroxyl groups is 4. The molecule has 0 unspecified atom stereocenters. The molecule has 0 bridgehead atoms. The molecule has 1 rings (SSSR count). The van der Waals surface area contributed by atoms with Crippen LogP contribution in [0.2, 0.25) is 0 Å². The van der Waals surface area contributed by atoms with Crippen LogP contribution >= 0.6 is 0 Å². The maximum Gasteiger partial charge on any atom is 0.337 e. The minimum atomic E-state index is -0.429. The summed E-state index contributed by atoms with van der Waals surface area (Å²) >= 11 is 0. The lowest BCUT2D eigenvalue weighted by molar-refractivity contribution is 0.0586. The molecule has 0 aliphatic carbocycles. The number of hydrogen-bond donors (Lipinski definition) is 4. The van der Waals surface area contributed by atoms with Gasteiger partial charge in [0.25, 0.3) is 0 Å². The van der Waals surface area contributed by atoms with Gasteiger partial charge < -0.3 is 29.9 Å². The summed E-state index contributed by atoms with van der Waals surface area (Å²) in [6.45, 7) is 0.140. The van der Waals surface area contributed by atoms with E-state index in [1.165, 1.54) is 38.5 Å². The topological polar surface area (TPSA) is 134 Å². The van der Waals surface area contributed by atoms with E-state index in [4.69, 9.17) is 20.4 Å². The fourth-order valence-corrected chi connectivity index (χ4v) is 1.20. The van der Waals surface area contributed by atoms with Gasteiger partial charge in [0.15, 0.2) is 0 Å². The Morgan fingerprint density at radius 2 is 1.00 bits per heavy atom. The van der Waals surface area contributed by atoms with Crippen molar-refractivity contribution < 1.29 is 39.5 Å². The van der Waals surface area contributed by atoms with E-state index in [1.807, 2.05) is 0 Å². The van der Waals surface area contributed by atoms with Gasteiger partial charge in [0, 0.05) is 13.2 Å². The molecular weight excluding hydrogens is 320 g/mol. The second-order valence-electron chi connectivity index (χ2n) is 4.16. The molecule has 8 heteroatoms. The van der Waals surface area contributed by atoms with Crippen LogP contribution in [0, 0.1) is 0 Å². The van der Waals surface area contributed by atoms with Gasteiger partial charge in [-0.15, -0.1) is 0 Å². The normalized spacial score (nSPS) is 8.92. The van der Waals surface area contributed by atoms with Crippen molar-refractivity contribution in [2.24, 2.45) is 0 Å². The van der Waals surface area contributed by atoms with Crippen LogP contribution in [0.15, 0.2) is 24.3 Å². The smallest absolute Gasteiger partial charge is 0.337 e. The molecule has 0 amide bonds. The van der Waals surface area contributed by atoms with Crippen LogP contribution in [-0.2, 0) is 9.47 Å². The highest BCUT2D eigenvalue weighted by Gasteiger charge is 2.08. The van der Waals surface area contributed by atoms with E-state index < -0.39 is 11.9 Å². The van der Waals surface area contributed by atoms with Crippen molar-refractivity contribution in [2.75, 3.05) is 40.6 Å². The SMILES string of the molecule is COC(=O)c1ccc(C(=O)OC)cc1.OCCCCO.OCCO. The van der Waals surface area contributed by atoms with Crippen LogP contribution in [0.5, 0.6) is 0 Å². The van der Waals surface area contributed by atoms with Crippen LogP contribution in [0.25, 0.3) is 0 Å². The molecule has 0 aliphatic rings. The van der Waals surface area contributed by atoms with Crippen molar-refractivity contribution in [3.05, 3.63) is 35.4 Å². The maximum atomic E-state index is 11.0. The molecule has 8 nitrogen and oxygen atoms in total. The monoisotopic (exact) mass is 346 g/mol. The Balaban J connectivity index is 0. The van der Waals surface area contributed by atoms with Gasteiger partial charge in [-0.25, -0.2) is 9.59 Å². The summed E-state index contributed by atoms with van der Waals surface area (Å²) in [6.07, 6.45) is 1.44. The predicted octanol–water partition coefficient (Wildman–Crippen LogP) is -0.0180. The van der Waals surface area contributed by atoms with Gasteiger partial charge in [-0.1, -0.05) is 0 Å². The third-order valence-corrected chi connectivity index (χ3v) is 2.39. The number of rotatable bonds is 6. The summed E-state index contributed by atoms with van der Waals surface area (Å²) in [5.41, 5.74) is 0.806. The van der Waals surface area contributed by atoms with Crippen molar-refractivity contribution in [3.8, 4) is 0 Å². The zero-order valence-electron chi connectivity index (χ0n) is 14.0. The number of unbranched alkanes of at least 4 members (excludes halogenated alkanes) is 1. The first-order valence-electron chi connectivity index (χ1n) is 7.22. The van der Waals surface area contributed by atoms with E-state index in [2.05, 4.69) is 9.47 Å². The summed E-state index contributed by atoms with van der Waals surface area (Å²) in [5.74, 6) is -0.858. The van der Waals surface area contributed by atoms with Gasteiger partial charge in [-0.2, -0.15) is 0 Å². The Labute approximate surface area is 141 Å². The molecule has 138 valence electrons. The molecule has 0 fully saturated rings. The lowest BCUT2D eigenvalue weighted by atomic mass is 10.1. The van der Waals surface area contributed by atoms with Crippen molar-refractivity contribution in [3.63, 3.8) is 0 Å². The van der Waals surface area contributed by atoms with E-state index in [1.54, 1.807) is 0 Å². The van der Waals surface area contributed by atoms with Crippen molar-refractivity contribution >= 4 is 11.9 Å². The fourth-order valence-electron chi connectivity index (χ4n) is 1.20. The van der Waals surface area contributed by atoms with Gasteiger partial charge >= 0.3 is 11.9 Å². The van der Waals surface area contributed by atoms with Gasteiger partial charge in [0.2, 0.25) is 0 Å². The number of benzene rings is 1. The lowest BCUT2D eigenvalue weighted by Crippen LogP contribution is -2.04. The average molecular weight is 346 g/mol. The number of carbonyl (C=O) groups excluding carboxylic acids is 2. The average Bonchev–Trinajstić information content (AvgIpc) is 2.65. The molecule has 0 saturated carbocycles. The summed E-state index contributed by atoms with van der Waals surface area (Å²) in [6, 6.07) is 6.05. The van der Waals surface area contributed by atoms with Gasteiger partial charge in [-0.05, 0) is 37.1 Å². The van der Waals surface area contributed by atoms with Crippen LogP contribution in [0.4, 0.5) is 0 Å². The van der Waals surface area contributed by atoms with Crippen molar-refractivity contribution in [2.45, 2.75) is 12.8 Å². The first-order valence-corrected chi connectivity index (χ1v) is 7.22. The number of hydrogen-bond acceptors (Lipinski definition) is 8. The van der Waals surface area contributed by atoms with E-state index in [0.717, 1.165) is 12.8 Å². The molecule has 0 aromatic heterocycles. The second kappa shape index (κ2) is 17.4. The minimum Gasteiger partial charge on any atom is -0.465 e. The lowest BCUT2D eigenvalue weighted by Gasteiger charge is -2.00. The highest BCUT2D eigenvalue weighted by molar-refractivity contribution is 5.93. The largest absolute Gasteiger partial charge is 0.465 e. The summed E-state index contributed by atoms with van der Waals surface area (Å²) in [5, 5.41) is 31.4. The molecule has 1 aromatic carbocycles. The second-order valence-corrected chi connectivity index (χ2v) is 4.16. The highest BCUT2D eigenvalue weighted by Crippen LogP contribution is 2.06. The minimum absolute atomic E-state index is 0.125. The Morgan fingerprint density at radius 1 is 0.708 bits per heavy atom. The highest BCUT2D eigenvalue weighted by atomic mass is 16.5. The third-order valence-electron chi connectivity index (χ3n) is 2.39. The Morgan fingerprint density at radius 3 is 1.17 bits per heavy atom. The summed E-state index contributed by atoms with van der Waals surface area (Å²) in [4.78, 5) is 22.1. The summed E-state index contributed by atoms with van der Waals surface area (Å²) < 4.78 is 9.02. The number of carbonyl (C=O) groups is 2. The van der Waals surface area contributed by atoms with Crippen molar-refractivity contribution in [1.82, 2.24) is 0 Å². The summed E-state index contributed by atoms with van der Waals surface area (Å²) in [7, 11) is 2.60. The van der Waals surface area contributed by atoms with E-state index in [0.29, 0.717) is 11.1 Å². The number of methoxy groups -OCH3 is 2. The number of esters is 2. The van der Waals surface area contributed by atoms with Crippen LogP contribution in [0.3, 0.4) is 0 Å². The van der Waals surface area contributed by atoms with E-state index in [-0.39, 0.29) is 26.4 Å². The molecule has 1 aromatic rings. The van der Waals surface area contributed by atoms with Crippen LogP contribution in [-0.4, -0.2) is 73.0 Å². The van der Waals surface area contributed by atoms with Crippen LogP contribution in [0.1, 0.15) is 33.6 Å². The number of ether oxygens (including phenoxy) is 2. The zero-order valence-corrected chi connectivity index (χ0v) is 14.0. The molecule has 0 heterocycles. The first kappa shape index (κ1) is 24.3. The van der Waals surface area contributed by atoms with E-state index in [9.17, 15) is 9.59 Å². The molecule has 0 aliphatic heterocycles. The third kappa shape index (κ3) is 12.5. The fraction of sp³-hybridized carbons (Fsp3) is 0.500. The van der Waals surface area contributed by atoms with Gasteiger partial charge in [-0.3, -0.25) is 0 Å². The molecule has 24 heavy (non-hydrogen) atoms.